The van der Waals surface area contributed by atoms with Crippen molar-refractivity contribution in [1.82, 2.24) is 4.98 Å². The number of anilines is 2. The van der Waals surface area contributed by atoms with Gasteiger partial charge in [-0.1, -0.05) is 48.5 Å². The lowest BCUT2D eigenvalue weighted by molar-refractivity contribution is -0.137. The second kappa shape index (κ2) is 10.1. The summed E-state index contributed by atoms with van der Waals surface area (Å²) in [7, 11) is 0. The third kappa shape index (κ3) is 4.84. The number of aryl methyl sites for hydroxylation is 1. The monoisotopic (exact) mass is 493 g/mol. The number of fused-ring (bicyclic) bond motifs is 3. The maximum absolute atomic E-state index is 11.9. The molecule has 2 aliphatic rings. The van der Waals surface area contributed by atoms with Crippen molar-refractivity contribution >= 4 is 28.2 Å². The number of aliphatic carboxylic acids is 1. The highest BCUT2D eigenvalue weighted by Gasteiger charge is 2.30. The van der Waals surface area contributed by atoms with E-state index in [9.17, 15) is 9.90 Å². The summed E-state index contributed by atoms with van der Waals surface area (Å²) in [5.41, 5.74) is 5.68. The van der Waals surface area contributed by atoms with Gasteiger partial charge in [-0.3, -0.25) is 4.79 Å². The average Bonchev–Trinajstić information content (AvgIpc) is 3.34. The van der Waals surface area contributed by atoms with E-state index in [2.05, 4.69) is 58.7 Å². The summed E-state index contributed by atoms with van der Waals surface area (Å²) >= 11 is 0. The molecule has 0 saturated heterocycles. The van der Waals surface area contributed by atoms with E-state index < -0.39 is 5.97 Å². The summed E-state index contributed by atoms with van der Waals surface area (Å²) in [5.74, 6) is 1.07. The van der Waals surface area contributed by atoms with Crippen LogP contribution in [0.25, 0.3) is 10.8 Å². The van der Waals surface area contributed by atoms with E-state index >= 15 is 0 Å². The summed E-state index contributed by atoms with van der Waals surface area (Å²) < 4.78 is 6.11. The Morgan fingerprint density at radius 3 is 2.84 bits per heavy atom. The second-order valence-electron chi connectivity index (χ2n) is 9.86. The van der Waals surface area contributed by atoms with Gasteiger partial charge < -0.3 is 20.1 Å². The summed E-state index contributed by atoms with van der Waals surface area (Å²) in [4.78, 5) is 18.9. The number of nitrogens with one attached hydrogen (secondary N) is 1. The van der Waals surface area contributed by atoms with Crippen LogP contribution >= 0.6 is 0 Å². The first-order valence-corrected chi connectivity index (χ1v) is 13.1. The van der Waals surface area contributed by atoms with Crippen LogP contribution in [0, 0.1) is 0 Å². The summed E-state index contributed by atoms with van der Waals surface area (Å²) in [6.07, 6.45) is 3.91. The normalized spacial score (nSPS) is 15.1. The topological polar surface area (TPSA) is 74.7 Å². The number of benzene rings is 3. The minimum Gasteiger partial charge on any atom is -0.493 e. The molecule has 3 aromatic carbocycles. The molecule has 0 radical (unpaired) electrons. The van der Waals surface area contributed by atoms with Gasteiger partial charge in [0.25, 0.3) is 0 Å². The average molecular weight is 494 g/mol. The maximum Gasteiger partial charge on any atom is 0.305 e. The highest BCUT2D eigenvalue weighted by molar-refractivity contribution is 5.87. The number of carbonyl (C=O) groups is 1. The van der Waals surface area contributed by atoms with E-state index in [1.165, 1.54) is 11.1 Å². The molecule has 6 rings (SSSR count). The summed E-state index contributed by atoms with van der Waals surface area (Å²) in [6.45, 7) is 2.33. The Morgan fingerprint density at radius 2 is 1.92 bits per heavy atom. The van der Waals surface area contributed by atoms with Crippen LogP contribution in [0.2, 0.25) is 0 Å². The van der Waals surface area contributed by atoms with Gasteiger partial charge in [0.15, 0.2) is 0 Å². The van der Waals surface area contributed by atoms with Crippen molar-refractivity contribution in [2.75, 3.05) is 29.9 Å². The molecular formula is C31H31N3O3. The van der Waals surface area contributed by atoms with Crippen LogP contribution < -0.4 is 15.0 Å². The predicted octanol–water partition coefficient (Wildman–Crippen LogP) is 5.79. The van der Waals surface area contributed by atoms with Crippen molar-refractivity contribution in [3.05, 3.63) is 95.2 Å². The summed E-state index contributed by atoms with van der Waals surface area (Å²) in [5, 5.41) is 15.4. The van der Waals surface area contributed by atoms with Crippen LogP contribution in [-0.2, 0) is 24.1 Å². The van der Waals surface area contributed by atoms with Crippen LogP contribution in [-0.4, -0.2) is 35.8 Å². The van der Waals surface area contributed by atoms with Gasteiger partial charge in [-0.05, 0) is 71.0 Å². The number of hydrogen-bond acceptors (Lipinski definition) is 5. The number of nitrogens with zero attached hydrogens (tertiary/aromatic N) is 2. The zero-order valence-electron chi connectivity index (χ0n) is 20.8. The Balaban J connectivity index is 1.19. The SMILES string of the molecule is O=C(O)CC(c1cccc2ccccc12)N1CCc2cc(OCCc3ccc4c(n3)NCCC4)ccc21. The van der Waals surface area contributed by atoms with Crippen molar-refractivity contribution in [2.45, 2.75) is 38.1 Å². The Labute approximate surface area is 216 Å². The smallest absolute Gasteiger partial charge is 0.305 e. The number of pyridine rings is 1. The Kier molecular flexibility index (Phi) is 6.39. The number of aromatic nitrogens is 1. The highest BCUT2D eigenvalue weighted by atomic mass is 16.5. The lowest BCUT2D eigenvalue weighted by Crippen LogP contribution is -2.29. The second-order valence-corrected chi connectivity index (χ2v) is 9.86. The summed E-state index contributed by atoms with van der Waals surface area (Å²) in [6, 6.07) is 24.6. The van der Waals surface area contributed by atoms with E-state index in [0.717, 1.165) is 78.1 Å². The van der Waals surface area contributed by atoms with Crippen LogP contribution in [0.15, 0.2) is 72.8 Å². The van der Waals surface area contributed by atoms with Crippen LogP contribution in [0.5, 0.6) is 5.75 Å². The minimum atomic E-state index is -0.794. The van der Waals surface area contributed by atoms with Crippen LogP contribution in [0.1, 0.15) is 41.3 Å². The lowest BCUT2D eigenvalue weighted by atomic mass is 9.95. The molecule has 0 spiro atoms. The molecule has 2 aliphatic heterocycles. The first-order chi connectivity index (χ1) is 18.2. The molecule has 37 heavy (non-hydrogen) atoms. The molecule has 2 N–H and O–H groups in total. The lowest BCUT2D eigenvalue weighted by Gasteiger charge is -2.31. The van der Waals surface area contributed by atoms with Crippen molar-refractivity contribution in [3.8, 4) is 5.75 Å². The molecule has 0 amide bonds. The number of carboxylic acid groups (broad SMARTS) is 1. The van der Waals surface area contributed by atoms with Crippen LogP contribution in [0.4, 0.5) is 11.5 Å². The van der Waals surface area contributed by atoms with Gasteiger partial charge in [0.1, 0.15) is 11.6 Å². The first-order valence-electron chi connectivity index (χ1n) is 13.1. The molecule has 6 heteroatoms. The molecule has 0 fully saturated rings. The molecule has 3 heterocycles. The van der Waals surface area contributed by atoms with E-state index in [1.807, 2.05) is 24.3 Å². The fourth-order valence-corrected chi connectivity index (χ4v) is 5.69. The minimum absolute atomic E-state index is 0.0499. The number of hydrogen-bond donors (Lipinski definition) is 2. The standard InChI is InChI=1S/C31H31N3O3/c35-30(36)20-29(27-9-3-6-21-5-1-2-8-26(21)27)34-17-14-23-19-25(12-13-28(23)34)37-18-15-24-11-10-22-7-4-16-32-31(22)33-24/h1-3,5-6,8-13,19,29H,4,7,14-18,20H2,(H,32,33)(H,35,36). The molecule has 188 valence electrons. The van der Waals surface area contributed by atoms with E-state index in [-0.39, 0.29) is 12.5 Å². The number of ether oxygens (including phenoxy) is 1. The van der Waals surface area contributed by atoms with E-state index in [1.54, 1.807) is 0 Å². The molecular weight excluding hydrogens is 462 g/mol. The van der Waals surface area contributed by atoms with E-state index in [4.69, 9.17) is 9.72 Å². The van der Waals surface area contributed by atoms with Crippen molar-refractivity contribution in [3.63, 3.8) is 0 Å². The fourth-order valence-electron chi connectivity index (χ4n) is 5.69. The fraction of sp³-hybridized carbons (Fsp3) is 0.290. The van der Waals surface area contributed by atoms with Gasteiger partial charge in [-0.15, -0.1) is 0 Å². The molecule has 0 saturated carbocycles. The van der Waals surface area contributed by atoms with Gasteiger partial charge in [-0.25, -0.2) is 4.98 Å². The molecule has 1 atom stereocenters. The zero-order chi connectivity index (χ0) is 25.2. The quantitative estimate of drug-likeness (QED) is 0.324. The zero-order valence-corrected chi connectivity index (χ0v) is 20.8. The van der Waals surface area contributed by atoms with Gasteiger partial charge in [0.2, 0.25) is 0 Å². The van der Waals surface area contributed by atoms with Crippen molar-refractivity contribution < 1.29 is 14.6 Å². The Bertz CT molecular complexity index is 1450. The van der Waals surface area contributed by atoms with Crippen LogP contribution in [0.3, 0.4) is 0 Å². The van der Waals surface area contributed by atoms with Crippen molar-refractivity contribution in [1.29, 1.82) is 0 Å². The molecule has 1 aromatic heterocycles. The third-order valence-electron chi connectivity index (χ3n) is 7.49. The predicted molar refractivity (Wildman–Crippen MR) is 147 cm³/mol. The largest absolute Gasteiger partial charge is 0.493 e. The van der Waals surface area contributed by atoms with E-state index in [0.29, 0.717) is 6.61 Å². The number of rotatable bonds is 8. The third-order valence-corrected chi connectivity index (χ3v) is 7.49. The maximum atomic E-state index is 11.9. The van der Waals surface area contributed by atoms with Gasteiger partial charge in [-0.2, -0.15) is 0 Å². The highest BCUT2D eigenvalue weighted by Crippen LogP contribution is 2.40. The molecule has 1 unspecified atom stereocenters. The molecule has 6 nitrogen and oxygen atoms in total. The number of carboxylic acids is 1. The van der Waals surface area contributed by atoms with Gasteiger partial charge >= 0.3 is 5.97 Å². The molecule has 4 aromatic rings. The van der Waals surface area contributed by atoms with Gasteiger partial charge in [0.05, 0.1) is 19.1 Å². The Morgan fingerprint density at radius 1 is 1.03 bits per heavy atom. The molecule has 0 bridgehead atoms. The van der Waals surface area contributed by atoms with Gasteiger partial charge in [0, 0.05) is 30.9 Å². The Hall–Kier alpha value is -4.06. The van der Waals surface area contributed by atoms with Crippen molar-refractivity contribution in [2.24, 2.45) is 0 Å². The first kappa shape index (κ1) is 23.3. The molecule has 0 aliphatic carbocycles.